The van der Waals surface area contributed by atoms with Crippen molar-refractivity contribution in [2.45, 2.75) is 12.5 Å². The molecule has 0 fully saturated rings. The van der Waals surface area contributed by atoms with Gasteiger partial charge in [0, 0.05) is 33.9 Å². The van der Waals surface area contributed by atoms with E-state index in [2.05, 4.69) is 21.0 Å². The van der Waals surface area contributed by atoms with Gasteiger partial charge in [-0.3, -0.25) is 9.48 Å². The topological polar surface area (TPSA) is 34.9 Å². The van der Waals surface area contributed by atoms with Crippen LogP contribution in [0.15, 0.2) is 71.5 Å². The van der Waals surface area contributed by atoms with E-state index in [1.807, 2.05) is 41.2 Å². The second-order valence-corrected chi connectivity index (χ2v) is 6.54. The molecule has 0 aliphatic heterocycles. The van der Waals surface area contributed by atoms with Crippen LogP contribution in [0.25, 0.3) is 0 Å². The predicted molar refractivity (Wildman–Crippen MR) is 94.9 cm³/mol. The van der Waals surface area contributed by atoms with Crippen LogP contribution >= 0.6 is 27.5 Å². The van der Waals surface area contributed by atoms with Gasteiger partial charge >= 0.3 is 0 Å². The van der Waals surface area contributed by atoms with E-state index in [1.165, 1.54) is 0 Å². The predicted octanol–water partition coefficient (Wildman–Crippen LogP) is 5.16. The van der Waals surface area contributed by atoms with Crippen LogP contribution in [-0.2, 0) is 0 Å². The summed E-state index contributed by atoms with van der Waals surface area (Å²) >= 11 is 9.42. The highest BCUT2D eigenvalue weighted by atomic mass is 79.9. The summed E-state index contributed by atoms with van der Waals surface area (Å²) in [6.07, 6.45) is 3.91. The van der Waals surface area contributed by atoms with Crippen LogP contribution in [0, 0.1) is 0 Å². The molecule has 0 amide bonds. The highest BCUT2D eigenvalue weighted by Crippen LogP contribution is 2.25. The lowest BCUT2D eigenvalue weighted by molar-refractivity contribution is 0.0967. The highest BCUT2D eigenvalue weighted by molar-refractivity contribution is 9.10. The molecule has 116 valence electrons. The van der Waals surface area contributed by atoms with E-state index < -0.39 is 0 Å². The first-order valence-electron chi connectivity index (χ1n) is 7.17. The molecule has 23 heavy (non-hydrogen) atoms. The molecule has 0 unspecified atom stereocenters. The fraction of sp³-hybridized carbons (Fsp3) is 0.111. The molecule has 1 atom stereocenters. The van der Waals surface area contributed by atoms with Gasteiger partial charge in [0.15, 0.2) is 5.78 Å². The first-order valence-corrected chi connectivity index (χ1v) is 8.34. The van der Waals surface area contributed by atoms with Crippen molar-refractivity contribution in [3.63, 3.8) is 0 Å². The van der Waals surface area contributed by atoms with Gasteiger partial charge < -0.3 is 0 Å². The van der Waals surface area contributed by atoms with Crippen LogP contribution < -0.4 is 0 Å². The maximum Gasteiger partial charge on any atom is 0.165 e. The molecule has 0 saturated carbocycles. The van der Waals surface area contributed by atoms with Crippen molar-refractivity contribution in [2.24, 2.45) is 0 Å². The average Bonchev–Trinajstić information content (AvgIpc) is 3.07. The van der Waals surface area contributed by atoms with Gasteiger partial charge in [-0.15, -0.1) is 0 Å². The van der Waals surface area contributed by atoms with Crippen molar-refractivity contribution in [1.29, 1.82) is 0 Å². The summed E-state index contributed by atoms with van der Waals surface area (Å²) in [6, 6.07) is 16.7. The maximum absolute atomic E-state index is 12.6. The molecule has 3 rings (SSSR count). The number of hydrogen-bond acceptors (Lipinski definition) is 2. The largest absolute Gasteiger partial charge is 0.294 e. The van der Waals surface area contributed by atoms with Gasteiger partial charge in [0.2, 0.25) is 0 Å². The number of hydrogen-bond donors (Lipinski definition) is 0. The molecule has 1 aromatic heterocycles. The number of carbonyl (C=O) groups excluding carboxylic acids is 1. The van der Waals surface area contributed by atoms with Gasteiger partial charge in [0.25, 0.3) is 0 Å². The lowest BCUT2D eigenvalue weighted by atomic mass is 9.98. The van der Waals surface area contributed by atoms with Crippen LogP contribution in [0.2, 0.25) is 5.02 Å². The van der Waals surface area contributed by atoms with Gasteiger partial charge in [0.05, 0.1) is 6.04 Å². The number of nitrogens with zero attached hydrogens (tertiary/aromatic N) is 2. The first kappa shape index (κ1) is 16.0. The molecular weight excluding hydrogens is 376 g/mol. The summed E-state index contributed by atoms with van der Waals surface area (Å²) in [5.74, 6) is 0.0379. The Bertz CT molecular complexity index is 800. The fourth-order valence-corrected chi connectivity index (χ4v) is 2.92. The second kappa shape index (κ2) is 7.11. The third-order valence-corrected chi connectivity index (χ3v) is 4.39. The summed E-state index contributed by atoms with van der Waals surface area (Å²) in [7, 11) is 0. The van der Waals surface area contributed by atoms with Gasteiger partial charge in [-0.25, -0.2) is 0 Å². The fourth-order valence-electron chi connectivity index (χ4n) is 2.47. The molecule has 0 aliphatic rings. The first-order chi connectivity index (χ1) is 11.1. The number of halogens is 2. The summed E-state index contributed by atoms with van der Waals surface area (Å²) in [4.78, 5) is 12.6. The van der Waals surface area contributed by atoms with Crippen LogP contribution in [-0.4, -0.2) is 15.6 Å². The Kier molecular flexibility index (Phi) is 4.94. The minimum Gasteiger partial charge on any atom is -0.294 e. The van der Waals surface area contributed by atoms with E-state index in [0.717, 1.165) is 10.0 Å². The molecule has 2 aromatic carbocycles. The lowest BCUT2D eigenvalue weighted by Crippen LogP contribution is -2.16. The summed E-state index contributed by atoms with van der Waals surface area (Å²) in [5.41, 5.74) is 1.65. The van der Waals surface area contributed by atoms with Gasteiger partial charge in [-0.1, -0.05) is 51.8 Å². The van der Waals surface area contributed by atoms with Crippen molar-refractivity contribution in [3.05, 3.63) is 87.6 Å². The molecule has 1 heterocycles. The van der Waals surface area contributed by atoms with Crippen LogP contribution in [0.5, 0.6) is 0 Å². The van der Waals surface area contributed by atoms with Crippen molar-refractivity contribution >= 4 is 33.3 Å². The third kappa shape index (κ3) is 3.89. The Balaban J connectivity index is 1.90. The molecule has 0 saturated heterocycles. The molecular formula is C18H14BrClN2O. The van der Waals surface area contributed by atoms with E-state index in [1.54, 1.807) is 30.5 Å². The standard InChI is InChI=1S/C18H14BrClN2O/c19-15-7-5-13(6-8-15)17(22-10-2-9-21-22)12-18(23)14-3-1-4-16(20)11-14/h1-11,17H,12H2/t17-/m1/s1. The Morgan fingerprint density at radius 3 is 2.61 bits per heavy atom. The summed E-state index contributed by atoms with van der Waals surface area (Å²) < 4.78 is 2.81. The molecule has 3 nitrogen and oxygen atoms in total. The summed E-state index contributed by atoms with van der Waals surface area (Å²) in [5, 5.41) is 4.87. The van der Waals surface area contributed by atoms with Crippen molar-refractivity contribution in [3.8, 4) is 0 Å². The normalized spacial score (nSPS) is 12.1. The van der Waals surface area contributed by atoms with E-state index in [9.17, 15) is 4.79 Å². The zero-order valence-electron chi connectivity index (χ0n) is 12.2. The van der Waals surface area contributed by atoms with E-state index in [0.29, 0.717) is 17.0 Å². The number of ketones is 1. The molecule has 0 bridgehead atoms. The maximum atomic E-state index is 12.6. The molecule has 0 spiro atoms. The number of aromatic nitrogens is 2. The molecule has 0 aliphatic carbocycles. The zero-order chi connectivity index (χ0) is 16.2. The number of carbonyl (C=O) groups is 1. The van der Waals surface area contributed by atoms with E-state index >= 15 is 0 Å². The smallest absolute Gasteiger partial charge is 0.165 e. The lowest BCUT2D eigenvalue weighted by Gasteiger charge is -2.18. The second-order valence-electron chi connectivity index (χ2n) is 5.19. The molecule has 3 aromatic rings. The molecule has 0 radical (unpaired) electrons. The Morgan fingerprint density at radius 2 is 1.96 bits per heavy atom. The Morgan fingerprint density at radius 1 is 1.17 bits per heavy atom. The van der Waals surface area contributed by atoms with Crippen LogP contribution in [0.1, 0.15) is 28.4 Å². The molecule has 5 heteroatoms. The van der Waals surface area contributed by atoms with Crippen LogP contribution in [0.3, 0.4) is 0 Å². The minimum atomic E-state index is -0.149. The van der Waals surface area contributed by atoms with Gasteiger partial charge in [-0.05, 0) is 35.9 Å². The van der Waals surface area contributed by atoms with Crippen molar-refractivity contribution in [2.75, 3.05) is 0 Å². The monoisotopic (exact) mass is 388 g/mol. The van der Waals surface area contributed by atoms with Crippen molar-refractivity contribution < 1.29 is 4.79 Å². The zero-order valence-corrected chi connectivity index (χ0v) is 14.5. The minimum absolute atomic E-state index is 0.0379. The summed E-state index contributed by atoms with van der Waals surface area (Å²) in [6.45, 7) is 0. The number of rotatable bonds is 5. The van der Waals surface area contributed by atoms with E-state index in [-0.39, 0.29) is 11.8 Å². The number of benzene rings is 2. The van der Waals surface area contributed by atoms with Crippen molar-refractivity contribution in [1.82, 2.24) is 9.78 Å². The third-order valence-electron chi connectivity index (χ3n) is 3.62. The highest BCUT2D eigenvalue weighted by Gasteiger charge is 2.19. The molecule has 0 N–H and O–H groups in total. The Labute approximate surface area is 148 Å². The number of Topliss-reactive ketones (excluding diaryl/α,β-unsaturated/α-hetero) is 1. The SMILES string of the molecule is O=C(C[C@H](c1ccc(Br)cc1)n1cccn1)c1cccc(Cl)c1. The Hall–Kier alpha value is -1.91. The van der Waals surface area contributed by atoms with Gasteiger partial charge in [0.1, 0.15) is 0 Å². The quantitative estimate of drug-likeness (QED) is 0.565. The van der Waals surface area contributed by atoms with E-state index in [4.69, 9.17) is 11.6 Å². The average molecular weight is 390 g/mol. The van der Waals surface area contributed by atoms with Gasteiger partial charge in [-0.2, -0.15) is 5.10 Å². The van der Waals surface area contributed by atoms with Crippen LogP contribution in [0.4, 0.5) is 0 Å².